The van der Waals surface area contributed by atoms with Crippen molar-refractivity contribution >= 4 is 16.8 Å². The maximum atomic E-state index is 14.0. The number of amides is 1. The van der Waals surface area contributed by atoms with Crippen molar-refractivity contribution in [1.29, 1.82) is 0 Å². The molecule has 0 aliphatic carbocycles. The molecule has 1 atom stereocenters. The Morgan fingerprint density at radius 2 is 2.18 bits per heavy atom. The van der Waals surface area contributed by atoms with Crippen molar-refractivity contribution in [3.63, 3.8) is 0 Å². The first kappa shape index (κ1) is 15.0. The minimum absolute atomic E-state index is 0.0411. The molecule has 2 heterocycles. The standard InChI is InChI=1S/C17H22FN3O/c1-10-6-13-7-14(20-16(13)11(2)15(10)18)17(22)21(3)9-12-4-5-19-8-12/h6-7,12,19-20H,4-5,8-9H2,1-3H3/t12-/m1/s1. The molecule has 1 aromatic carbocycles. The van der Waals surface area contributed by atoms with E-state index in [1.54, 1.807) is 24.8 Å². The molecule has 1 aliphatic heterocycles. The number of aromatic nitrogens is 1. The van der Waals surface area contributed by atoms with Gasteiger partial charge in [0.15, 0.2) is 0 Å². The van der Waals surface area contributed by atoms with Crippen LogP contribution in [0.4, 0.5) is 4.39 Å². The molecule has 0 bridgehead atoms. The summed E-state index contributed by atoms with van der Waals surface area (Å²) in [4.78, 5) is 17.4. The number of H-pyrrole nitrogens is 1. The first-order chi connectivity index (χ1) is 10.5. The second-order valence-electron chi connectivity index (χ2n) is 6.32. The van der Waals surface area contributed by atoms with Crippen LogP contribution >= 0.6 is 0 Å². The van der Waals surface area contributed by atoms with Crippen LogP contribution in [0.1, 0.15) is 28.0 Å². The molecule has 2 aromatic rings. The molecular formula is C17H22FN3O. The van der Waals surface area contributed by atoms with Gasteiger partial charge in [-0.3, -0.25) is 4.79 Å². The van der Waals surface area contributed by atoms with E-state index in [4.69, 9.17) is 0 Å². The smallest absolute Gasteiger partial charge is 0.270 e. The van der Waals surface area contributed by atoms with E-state index in [0.717, 1.165) is 31.4 Å². The average Bonchev–Trinajstić information content (AvgIpc) is 3.13. The van der Waals surface area contributed by atoms with Gasteiger partial charge in [0.1, 0.15) is 11.5 Å². The lowest BCUT2D eigenvalue weighted by Crippen LogP contribution is -2.32. The van der Waals surface area contributed by atoms with Gasteiger partial charge in [-0.2, -0.15) is 0 Å². The maximum Gasteiger partial charge on any atom is 0.270 e. The Kier molecular flexibility index (Phi) is 3.91. The largest absolute Gasteiger partial charge is 0.350 e. The second kappa shape index (κ2) is 5.72. The zero-order chi connectivity index (χ0) is 15.9. The van der Waals surface area contributed by atoms with Crippen molar-refractivity contribution in [1.82, 2.24) is 15.2 Å². The minimum atomic E-state index is -0.210. The van der Waals surface area contributed by atoms with Gasteiger partial charge in [-0.05, 0) is 57.0 Å². The molecule has 0 radical (unpaired) electrons. The summed E-state index contributed by atoms with van der Waals surface area (Å²) < 4.78 is 14.0. The van der Waals surface area contributed by atoms with Crippen LogP contribution in [0, 0.1) is 25.6 Å². The Hall–Kier alpha value is -1.88. The number of nitrogens with one attached hydrogen (secondary N) is 2. The zero-order valence-corrected chi connectivity index (χ0v) is 13.3. The van der Waals surface area contributed by atoms with E-state index >= 15 is 0 Å². The Bertz CT molecular complexity index is 716. The molecule has 22 heavy (non-hydrogen) atoms. The average molecular weight is 303 g/mol. The minimum Gasteiger partial charge on any atom is -0.350 e. The van der Waals surface area contributed by atoms with Crippen molar-refractivity contribution in [3.05, 3.63) is 34.8 Å². The molecule has 1 fully saturated rings. The lowest BCUT2D eigenvalue weighted by Gasteiger charge is -2.20. The summed E-state index contributed by atoms with van der Waals surface area (Å²) in [5, 5.41) is 4.20. The van der Waals surface area contributed by atoms with Crippen LogP contribution in [-0.4, -0.2) is 42.5 Å². The summed E-state index contributed by atoms with van der Waals surface area (Å²) in [6.07, 6.45) is 1.10. The lowest BCUT2D eigenvalue weighted by atomic mass is 10.1. The van der Waals surface area contributed by atoms with E-state index in [2.05, 4.69) is 10.3 Å². The first-order valence-electron chi connectivity index (χ1n) is 7.72. The zero-order valence-electron chi connectivity index (χ0n) is 13.3. The molecule has 1 saturated heterocycles. The van der Waals surface area contributed by atoms with Crippen LogP contribution in [0.3, 0.4) is 0 Å². The van der Waals surface area contributed by atoms with Crippen LogP contribution in [0.15, 0.2) is 12.1 Å². The summed E-state index contributed by atoms with van der Waals surface area (Å²) in [5.74, 6) is 0.263. The molecule has 1 amide bonds. The van der Waals surface area contributed by atoms with Crippen LogP contribution < -0.4 is 5.32 Å². The Morgan fingerprint density at radius 3 is 2.86 bits per heavy atom. The molecule has 5 heteroatoms. The van der Waals surface area contributed by atoms with Gasteiger partial charge in [0.05, 0.1) is 5.52 Å². The van der Waals surface area contributed by atoms with Gasteiger partial charge in [0.25, 0.3) is 5.91 Å². The molecule has 4 nitrogen and oxygen atoms in total. The number of fused-ring (bicyclic) bond motifs is 1. The van der Waals surface area contributed by atoms with Gasteiger partial charge >= 0.3 is 0 Å². The number of hydrogen-bond donors (Lipinski definition) is 2. The van der Waals surface area contributed by atoms with Crippen molar-refractivity contribution in [3.8, 4) is 0 Å². The van der Waals surface area contributed by atoms with Gasteiger partial charge in [0.2, 0.25) is 0 Å². The molecule has 0 saturated carbocycles. The topological polar surface area (TPSA) is 48.1 Å². The van der Waals surface area contributed by atoms with Crippen molar-refractivity contribution in [2.75, 3.05) is 26.7 Å². The van der Waals surface area contributed by atoms with E-state index in [-0.39, 0.29) is 11.7 Å². The quantitative estimate of drug-likeness (QED) is 0.915. The number of nitrogens with zero attached hydrogens (tertiary/aromatic N) is 1. The number of rotatable bonds is 3. The number of halogens is 1. The monoisotopic (exact) mass is 303 g/mol. The Balaban J connectivity index is 1.86. The summed E-state index contributed by atoms with van der Waals surface area (Å²) in [6, 6.07) is 3.60. The van der Waals surface area contributed by atoms with E-state index in [9.17, 15) is 9.18 Å². The van der Waals surface area contributed by atoms with E-state index in [1.165, 1.54) is 0 Å². The van der Waals surface area contributed by atoms with Crippen molar-refractivity contribution in [2.45, 2.75) is 20.3 Å². The van der Waals surface area contributed by atoms with Crippen molar-refractivity contribution in [2.24, 2.45) is 5.92 Å². The molecule has 1 aromatic heterocycles. The Morgan fingerprint density at radius 1 is 1.41 bits per heavy atom. The van der Waals surface area contributed by atoms with E-state index in [1.807, 2.05) is 13.1 Å². The third kappa shape index (κ3) is 2.61. The molecule has 2 N–H and O–H groups in total. The van der Waals surface area contributed by atoms with Gasteiger partial charge < -0.3 is 15.2 Å². The molecule has 1 aliphatic rings. The first-order valence-corrected chi connectivity index (χ1v) is 7.72. The lowest BCUT2D eigenvalue weighted by molar-refractivity contribution is 0.0771. The highest BCUT2D eigenvalue weighted by Crippen LogP contribution is 2.25. The van der Waals surface area contributed by atoms with Crippen LogP contribution in [-0.2, 0) is 0 Å². The summed E-state index contributed by atoms with van der Waals surface area (Å²) in [7, 11) is 1.82. The normalized spacial score (nSPS) is 18.1. The highest BCUT2D eigenvalue weighted by Gasteiger charge is 2.21. The fourth-order valence-corrected chi connectivity index (χ4v) is 3.26. The molecule has 0 spiro atoms. The second-order valence-corrected chi connectivity index (χ2v) is 6.32. The molecule has 118 valence electrons. The Labute approximate surface area is 129 Å². The predicted molar refractivity (Wildman–Crippen MR) is 85.7 cm³/mol. The SMILES string of the molecule is Cc1cc2cc(C(=O)N(C)C[C@@H]3CCNC3)[nH]c2c(C)c1F. The van der Waals surface area contributed by atoms with Gasteiger partial charge in [-0.1, -0.05) is 0 Å². The van der Waals surface area contributed by atoms with Gasteiger partial charge in [-0.25, -0.2) is 4.39 Å². The maximum absolute atomic E-state index is 14.0. The van der Waals surface area contributed by atoms with Gasteiger partial charge in [-0.15, -0.1) is 0 Å². The fraction of sp³-hybridized carbons (Fsp3) is 0.471. The number of benzene rings is 1. The number of aromatic amines is 1. The van der Waals surface area contributed by atoms with Gasteiger partial charge in [0, 0.05) is 24.5 Å². The van der Waals surface area contributed by atoms with E-state index < -0.39 is 0 Å². The highest BCUT2D eigenvalue weighted by molar-refractivity contribution is 5.98. The van der Waals surface area contributed by atoms with Crippen LogP contribution in [0.5, 0.6) is 0 Å². The third-order valence-electron chi connectivity index (χ3n) is 4.54. The number of carbonyl (C=O) groups is 1. The van der Waals surface area contributed by atoms with Crippen molar-refractivity contribution < 1.29 is 9.18 Å². The summed E-state index contributed by atoms with van der Waals surface area (Å²) >= 11 is 0. The molecule has 0 unspecified atom stereocenters. The highest BCUT2D eigenvalue weighted by atomic mass is 19.1. The predicted octanol–water partition coefficient (Wildman–Crippen LogP) is 2.61. The molecular weight excluding hydrogens is 281 g/mol. The third-order valence-corrected chi connectivity index (χ3v) is 4.54. The summed E-state index contributed by atoms with van der Waals surface area (Å²) in [6.45, 7) is 6.22. The number of hydrogen-bond acceptors (Lipinski definition) is 2. The number of carbonyl (C=O) groups excluding carboxylic acids is 1. The number of aryl methyl sites for hydroxylation is 2. The fourth-order valence-electron chi connectivity index (χ4n) is 3.26. The summed E-state index contributed by atoms with van der Waals surface area (Å²) in [5.41, 5.74) is 2.41. The van der Waals surface area contributed by atoms with E-state index in [0.29, 0.717) is 28.3 Å². The molecule has 3 rings (SSSR count). The van der Waals surface area contributed by atoms with Crippen LogP contribution in [0.2, 0.25) is 0 Å². The van der Waals surface area contributed by atoms with Crippen LogP contribution in [0.25, 0.3) is 10.9 Å².